The molecule has 2 heterocycles. The van der Waals surface area contributed by atoms with Crippen molar-refractivity contribution in [3.63, 3.8) is 0 Å². The Morgan fingerprint density at radius 3 is 2.88 bits per heavy atom. The molecule has 0 saturated heterocycles. The van der Waals surface area contributed by atoms with E-state index in [1.807, 2.05) is 26.0 Å². The highest BCUT2D eigenvalue weighted by molar-refractivity contribution is 5.97. The van der Waals surface area contributed by atoms with Crippen molar-refractivity contribution in [2.75, 3.05) is 16.8 Å². The molecule has 1 aliphatic rings. The van der Waals surface area contributed by atoms with Gasteiger partial charge in [0.2, 0.25) is 11.8 Å². The molecule has 1 aromatic carbocycles. The fourth-order valence-corrected chi connectivity index (χ4v) is 3.17. The minimum absolute atomic E-state index is 0.169. The molecule has 3 rings (SSSR count). The molecule has 5 nitrogen and oxygen atoms in total. The number of nitriles is 1. The van der Waals surface area contributed by atoms with Crippen LogP contribution in [-0.2, 0) is 11.2 Å². The lowest BCUT2D eigenvalue weighted by Crippen LogP contribution is -2.44. The van der Waals surface area contributed by atoms with E-state index in [1.165, 1.54) is 5.56 Å². The molecule has 1 unspecified atom stereocenters. The number of anilines is 2. The third-order valence-electron chi connectivity index (χ3n) is 4.73. The molecule has 5 heteroatoms. The highest BCUT2D eigenvalue weighted by Gasteiger charge is 2.27. The summed E-state index contributed by atoms with van der Waals surface area (Å²) in [7, 11) is 0. The van der Waals surface area contributed by atoms with E-state index in [2.05, 4.69) is 28.4 Å². The van der Waals surface area contributed by atoms with Gasteiger partial charge in [0.25, 0.3) is 0 Å². The molecule has 1 atom stereocenters. The number of furan rings is 1. The lowest BCUT2D eigenvalue weighted by molar-refractivity contribution is -0.117. The number of nitrogens with zero attached hydrogens (tertiary/aromatic N) is 2. The predicted octanol–water partition coefficient (Wildman–Crippen LogP) is 3.55. The molecule has 0 spiro atoms. The average Bonchev–Trinajstić information content (AvgIpc) is 2.87. The zero-order valence-electron chi connectivity index (χ0n) is 14.2. The number of fused-ring (bicyclic) bond motifs is 1. The van der Waals surface area contributed by atoms with E-state index in [-0.39, 0.29) is 17.8 Å². The van der Waals surface area contributed by atoms with Gasteiger partial charge < -0.3 is 9.32 Å². The molecule has 1 aromatic heterocycles. The van der Waals surface area contributed by atoms with Crippen LogP contribution in [0.2, 0.25) is 0 Å². The van der Waals surface area contributed by atoms with Crippen LogP contribution in [0.15, 0.2) is 28.7 Å². The van der Waals surface area contributed by atoms with Gasteiger partial charge in [-0.25, -0.2) is 0 Å². The van der Waals surface area contributed by atoms with Gasteiger partial charge in [-0.05, 0) is 45.2 Å². The highest BCUT2D eigenvalue weighted by Crippen LogP contribution is 2.30. The molecule has 0 saturated carbocycles. The van der Waals surface area contributed by atoms with Crippen molar-refractivity contribution in [2.45, 2.75) is 39.7 Å². The number of para-hydroxylation sites is 1. The van der Waals surface area contributed by atoms with Crippen LogP contribution < -0.4 is 10.2 Å². The maximum atomic E-state index is 12.7. The van der Waals surface area contributed by atoms with Crippen LogP contribution in [0.1, 0.15) is 35.8 Å². The fraction of sp³-hybridized carbons (Fsp3) is 0.368. The van der Waals surface area contributed by atoms with Gasteiger partial charge in [-0.3, -0.25) is 10.1 Å². The van der Waals surface area contributed by atoms with Gasteiger partial charge in [-0.15, -0.1) is 0 Å². The van der Waals surface area contributed by atoms with E-state index in [1.54, 1.807) is 6.92 Å². The molecule has 0 bridgehead atoms. The lowest BCUT2D eigenvalue weighted by Gasteiger charge is -2.35. The average molecular weight is 323 g/mol. The molecule has 0 radical (unpaired) electrons. The van der Waals surface area contributed by atoms with Crippen molar-refractivity contribution < 1.29 is 9.21 Å². The molecule has 1 aliphatic heterocycles. The van der Waals surface area contributed by atoms with Crippen molar-refractivity contribution in [1.29, 1.82) is 5.26 Å². The summed E-state index contributed by atoms with van der Waals surface area (Å²) in [6, 6.07) is 9.95. The van der Waals surface area contributed by atoms with Gasteiger partial charge in [0.1, 0.15) is 23.4 Å². The number of carbonyl (C=O) groups is 1. The Bertz CT molecular complexity index is 817. The predicted molar refractivity (Wildman–Crippen MR) is 93.1 cm³/mol. The Morgan fingerprint density at radius 1 is 1.38 bits per heavy atom. The zero-order valence-corrected chi connectivity index (χ0v) is 14.2. The van der Waals surface area contributed by atoms with Crippen LogP contribution in [0.25, 0.3) is 0 Å². The number of rotatable bonds is 3. The number of benzene rings is 1. The molecular formula is C19H21N3O2. The van der Waals surface area contributed by atoms with Gasteiger partial charge in [-0.2, -0.15) is 5.26 Å². The van der Waals surface area contributed by atoms with E-state index in [0.717, 1.165) is 30.6 Å². The summed E-state index contributed by atoms with van der Waals surface area (Å²) in [5.41, 5.74) is 3.54. The molecule has 2 aromatic rings. The minimum Gasteiger partial charge on any atom is -0.444 e. The normalized spacial score (nSPS) is 14.7. The Morgan fingerprint density at radius 2 is 2.12 bits per heavy atom. The van der Waals surface area contributed by atoms with Crippen LogP contribution in [0.5, 0.6) is 0 Å². The van der Waals surface area contributed by atoms with E-state index < -0.39 is 0 Å². The quantitative estimate of drug-likeness (QED) is 0.938. The largest absolute Gasteiger partial charge is 0.444 e. The first kappa shape index (κ1) is 16.1. The third kappa shape index (κ3) is 2.76. The first-order valence-electron chi connectivity index (χ1n) is 8.18. The molecule has 124 valence electrons. The molecule has 0 fully saturated rings. The van der Waals surface area contributed by atoms with Crippen molar-refractivity contribution >= 4 is 17.5 Å². The SMILES string of the molecule is Cc1oc(NC(=O)C(C)N2CCCc3ccccc32)c(C#N)c1C. The first-order chi connectivity index (χ1) is 11.5. The van der Waals surface area contributed by atoms with Gasteiger partial charge >= 0.3 is 0 Å². The second kappa shape index (κ2) is 6.40. The summed E-state index contributed by atoms with van der Waals surface area (Å²) in [6.07, 6.45) is 2.06. The van der Waals surface area contributed by atoms with Crippen LogP contribution >= 0.6 is 0 Å². The Hall–Kier alpha value is -2.74. The maximum absolute atomic E-state index is 12.7. The lowest BCUT2D eigenvalue weighted by atomic mass is 10.00. The van der Waals surface area contributed by atoms with Crippen LogP contribution in [0, 0.1) is 25.2 Å². The highest BCUT2D eigenvalue weighted by atomic mass is 16.4. The Kier molecular flexibility index (Phi) is 4.30. The summed E-state index contributed by atoms with van der Waals surface area (Å²) in [5, 5.41) is 12.1. The van der Waals surface area contributed by atoms with E-state index >= 15 is 0 Å². The standard InChI is InChI=1S/C19H21N3O2/c1-12-14(3)24-19(16(12)11-20)21-18(23)13(2)22-10-6-8-15-7-4-5-9-17(15)22/h4-5,7,9,13H,6,8,10H2,1-3H3,(H,21,23). The van der Waals surface area contributed by atoms with Crippen molar-refractivity contribution in [3.05, 3.63) is 46.7 Å². The van der Waals surface area contributed by atoms with Crippen molar-refractivity contribution in [1.82, 2.24) is 0 Å². The van der Waals surface area contributed by atoms with Crippen molar-refractivity contribution in [3.8, 4) is 6.07 Å². The van der Waals surface area contributed by atoms with Gasteiger partial charge in [0, 0.05) is 17.8 Å². The Labute approximate surface area is 141 Å². The monoisotopic (exact) mass is 323 g/mol. The van der Waals surface area contributed by atoms with Crippen LogP contribution in [0.4, 0.5) is 11.6 Å². The summed E-state index contributed by atoms with van der Waals surface area (Å²) in [6.45, 7) is 6.33. The van der Waals surface area contributed by atoms with Crippen LogP contribution in [-0.4, -0.2) is 18.5 Å². The fourth-order valence-electron chi connectivity index (χ4n) is 3.17. The molecule has 1 N–H and O–H groups in total. The molecule has 24 heavy (non-hydrogen) atoms. The first-order valence-corrected chi connectivity index (χ1v) is 8.18. The minimum atomic E-state index is -0.344. The summed E-state index contributed by atoms with van der Waals surface area (Å²) in [4.78, 5) is 14.8. The second-order valence-corrected chi connectivity index (χ2v) is 6.19. The van der Waals surface area contributed by atoms with E-state index in [4.69, 9.17) is 4.42 Å². The number of aryl methyl sites for hydroxylation is 2. The molecular weight excluding hydrogens is 302 g/mol. The summed E-state index contributed by atoms with van der Waals surface area (Å²) < 4.78 is 5.54. The van der Waals surface area contributed by atoms with Gasteiger partial charge in [-0.1, -0.05) is 18.2 Å². The Balaban J connectivity index is 1.82. The molecule has 0 aliphatic carbocycles. The van der Waals surface area contributed by atoms with Crippen molar-refractivity contribution in [2.24, 2.45) is 0 Å². The second-order valence-electron chi connectivity index (χ2n) is 6.19. The van der Waals surface area contributed by atoms with E-state index in [0.29, 0.717) is 11.3 Å². The zero-order chi connectivity index (χ0) is 17.3. The number of nitrogens with one attached hydrogen (secondary N) is 1. The number of hydrogen-bond donors (Lipinski definition) is 1. The van der Waals surface area contributed by atoms with E-state index in [9.17, 15) is 10.1 Å². The number of hydrogen-bond acceptors (Lipinski definition) is 4. The number of amides is 1. The topological polar surface area (TPSA) is 69.3 Å². The molecule has 1 amide bonds. The smallest absolute Gasteiger partial charge is 0.249 e. The number of carbonyl (C=O) groups excluding carboxylic acids is 1. The van der Waals surface area contributed by atoms with Crippen LogP contribution in [0.3, 0.4) is 0 Å². The van der Waals surface area contributed by atoms with Gasteiger partial charge in [0.15, 0.2) is 0 Å². The summed E-state index contributed by atoms with van der Waals surface area (Å²) in [5.74, 6) is 0.726. The maximum Gasteiger partial charge on any atom is 0.249 e. The third-order valence-corrected chi connectivity index (χ3v) is 4.73. The summed E-state index contributed by atoms with van der Waals surface area (Å²) >= 11 is 0. The van der Waals surface area contributed by atoms with Gasteiger partial charge in [0.05, 0.1) is 0 Å².